The number of hydrogen-bond acceptors (Lipinski definition) is 2. The summed E-state index contributed by atoms with van der Waals surface area (Å²) in [7, 11) is 0. The second kappa shape index (κ2) is 11.2. The van der Waals surface area contributed by atoms with Crippen molar-refractivity contribution in [2.75, 3.05) is 6.61 Å². The minimum absolute atomic E-state index is 0.0687. The zero-order valence-corrected chi connectivity index (χ0v) is 20.6. The molecule has 0 aromatic heterocycles. The van der Waals surface area contributed by atoms with Crippen LogP contribution >= 0.6 is 0 Å². The molecule has 1 rings (SSSR count). The van der Waals surface area contributed by atoms with Crippen LogP contribution in [0.25, 0.3) is 5.57 Å². The van der Waals surface area contributed by atoms with Crippen molar-refractivity contribution < 1.29 is 14.6 Å². The van der Waals surface area contributed by atoms with Gasteiger partial charge in [0, 0.05) is 17.2 Å². The van der Waals surface area contributed by atoms with E-state index >= 15 is 0 Å². The fourth-order valence-electron chi connectivity index (χ4n) is 3.21. The Balaban J connectivity index is 3.49. The van der Waals surface area contributed by atoms with E-state index in [1.165, 1.54) is 17.2 Å². The summed E-state index contributed by atoms with van der Waals surface area (Å²) >= 11 is 0. The van der Waals surface area contributed by atoms with Gasteiger partial charge in [-0.15, -0.1) is 6.58 Å². The van der Waals surface area contributed by atoms with Crippen molar-refractivity contribution in [2.45, 2.75) is 79.1 Å². The van der Waals surface area contributed by atoms with E-state index in [4.69, 9.17) is 9.84 Å². The van der Waals surface area contributed by atoms with E-state index in [0.29, 0.717) is 12.2 Å². The molecular formula is C28H40O3. The molecule has 1 N–H and O–H groups in total. The summed E-state index contributed by atoms with van der Waals surface area (Å²) in [6, 6.07) is 4.47. The van der Waals surface area contributed by atoms with Gasteiger partial charge in [-0.25, -0.2) is 4.79 Å². The molecule has 0 amide bonds. The van der Waals surface area contributed by atoms with Crippen LogP contribution in [0.15, 0.2) is 54.7 Å². The highest BCUT2D eigenvalue weighted by Gasteiger charge is 2.28. The number of aliphatic carboxylic acids is 1. The third-order valence-electron chi connectivity index (χ3n) is 5.02. The van der Waals surface area contributed by atoms with Crippen LogP contribution in [0, 0.1) is 0 Å². The minimum atomic E-state index is -0.934. The largest absolute Gasteiger partial charge is 0.493 e. The molecule has 0 bridgehead atoms. The number of benzene rings is 1. The second-order valence-corrected chi connectivity index (χ2v) is 10.1. The van der Waals surface area contributed by atoms with Gasteiger partial charge in [0.1, 0.15) is 5.75 Å². The molecule has 0 fully saturated rings. The van der Waals surface area contributed by atoms with Gasteiger partial charge in [-0.3, -0.25) is 0 Å². The molecule has 3 heteroatoms. The summed E-state index contributed by atoms with van der Waals surface area (Å²) in [5, 5.41) is 8.86. The van der Waals surface area contributed by atoms with Gasteiger partial charge in [-0.2, -0.15) is 0 Å². The number of allylic oxidation sites excluding steroid dienone is 6. The van der Waals surface area contributed by atoms with E-state index in [0.717, 1.165) is 29.7 Å². The van der Waals surface area contributed by atoms with E-state index in [9.17, 15) is 4.79 Å². The molecule has 31 heavy (non-hydrogen) atoms. The number of carbonyl (C=O) groups is 1. The number of ether oxygens (including phenoxy) is 1. The fraction of sp³-hybridized carbons (Fsp3) is 0.464. The van der Waals surface area contributed by atoms with Crippen molar-refractivity contribution in [3.05, 3.63) is 71.4 Å². The average Bonchev–Trinajstić information content (AvgIpc) is 2.62. The van der Waals surface area contributed by atoms with Gasteiger partial charge in [0.25, 0.3) is 0 Å². The monoisotopic (exact) mass is 424 g/mol. The highest BCUT2D eigenvalue weighted by Crippen LogP contribution is 2.42. The molecule has 0 atom stereocenters. The maximum Gasteiger partial charge on any atom is 0.328 e. The zero-order chi connectivity index (χ0) is 23.8. The van der Waals surface area contributed by atoms with Crippen LogP contribution in [0.5, 0.6) is 5.75 Å². The number of hydrogen-bond donors (Lipinski definition) is 1. The molecule has 3 nitrogen and oxygen atoms in total. The van der Waals surface area contributed by atoms with E-state index in [1.807, 2.05) is 24.3 Å². The molecule has 0 aliphatic carbocycles. The van der Waals surface area contributed by atoms with Crippen molar-refractivity contribution in [3.63, 3.8) is 0 Å². The Bertz CT molecular complexity index is 833. The third kappa shape index (κ3) is 8.61. The van der Waals surface area contributed by atoms with Gasteiger partial charge in [0.2, 0.25) is 0 Å². The van der Waals surface area contributed by atoms with Crippen LogP contribution in [-0.2, 0) is 15.6 Å². The van der Waals surface area contributed by atoms with Gasteiger partial charge < -0.3 is 9.84 Å². The number of rotatable bonds is 9. The first-order valence-corrected chi connectivity index (χ1v) is 11.0. The smallest absolute Gasteiger partial charge is 0.328 e. The Kier molecular flexibility index (Phi) is 9.55. The Hall–Kier alpha value is -2.55. The molecule has 0 heterocycles. The highest BCUT2D eigenvalue weighted by molar-refractivity contribution is 5.81. The van der Waals surface area contributed by atoms with Gasteiger partial charge in [0.15, 0.2) is 0 Å². The summed E-state index contributed by atoms with van der Waals surface area (Å²) in [6.07, 6.45) is 10.8. The Labute approximate surface area is 189 Å². The normalized spacial score (nSPS) is 13.5. The number of carboxylic acid groups (broad SMARTS) is 1. The molecule has 0 aliphatic heterocycles. The molecule has 0 spiro atoms. The third-order valence-corrected chi connectivity index (χ3v) is 5.02. The van der Waals surface area contributed by atoms with Crippen molar-refractivity contribution >= 4 is 11.5 Å². The van der Waals surface area contributed by atoms with Crippen LogP contribution in [0.1, 0.15) is 84.9 Å². The summed E-state index contributed by atoms with van der Waals surface area (Å²) in [6.45, 7) is 21.6. The predicted molar refractivity (Wildman–Crippen MR) is 133 cm³/mol. The Morgan fingerprint density at radius 3 is 2.06 bits per heavy atom. The molecule has 1 aromatic rings. The number of unbranched alkanes of at least 4 members (excludes halogenated alkanes) is 1. The Morgan fingerprint density at radius 2 is 1.61 bits per heavy atom. The summed E-state index contributed by atoms with van der Waals surface area (Å²) in [5.74, 6) is 0.0626. The second-order valence-electron chi connectivity index (χ2n) is 10.1. The summed E-state index contributed by atoms with van der Waals surface area (Å²) in [4.78, 5) is 10.8. The van der Waals surface area contributed by atoms with Gasteiger partial charge in [-0.1, -0.05) is 65.8 Å². The van der Waals surface area contributed by atoms with Gasteiger partial charge >= 0.3 is 5.97 Å². The van der Waals surface area contributed by atoms with Crippen molar-refractivity contribution in [1.82, 2.24) is 0 Å². The average molecular weight is 425 g/mol. The van der Waals surface area contributed by atoms with E-state index < -0.39 is 5.97 Å². The lowest BCUT2D eigenvalue weighted by atomic mass is 9.77. The van der Waals surface area contributed by atoms with Crippen LogP contribution in [0.2, 0.25) is 0 Å². The first kappa shape index (κ1) is 26.5. The lowest BCUT2D eigenvalue weighted by molar-refractivity contribution is -0.131. The van der Waals surface area contributed by atoms with Crippen LogP contribution in [0.4, 0.5) is 0 Å². The fourth-order valence-corrected chi connectivity index (χ4v) is 3.21. The van der Waals surface area contributed by atoms with Crippen molar-refractivity contribution in [3.8, 4) is 5.75 Å². The first-order chi connectivity index (χ1) is 14.3. The molecular weight excluding hydrogens is 384 g/mol. The van der Waals surface area contributed by atoms with E-state index in [2.05, 4.69) is 67.2 Å². The molecule has 1 aromatic carbocycles. The minimum Gasteiger partial charge on any atom is -0.493 e. The molecule has 0 saturated carbocycles. The lowest BCUT2D eigenvalue weighted by Gasteiger charge is -2.31. The standard InChI is InChI=1S/C28H40O3/c1-10-11-12-16-31-26-23(27(4,5)6)18-22(19-24(26)28(7,8)9)21(3)15-13-14-20(2)17-25(29)30/h10,13-15,17-19H,1,11-12,16H2,2-9H3,(H,29,30). The SMILES string of the molecule is C=CCCCOc1c(C(C)(C)C)cc(C(C)=CC=CC(C)=CC(=O)O)cc1C(C)(C)C. The molecule has 0 radical (unpaired) electrons. The van der Waals surface area contributed by atoms with E-state index in [1.54, 1.807) is 6.92 Å². The number of carboxylic acids is 1. The molecule has 0 saturated heterocycles. The van der Waals surface area contributed by atoms with Crippen LogP contribution < -0.4 is 4.74 Å². The molecule has 170 valence electrons. The highest BCUT2D eigenvalue weighted by atomic mass is 16.5. The van der Waals surface area contributed by atoms with Crippen LogP contribution in [0.3, 0.4) is 0 Å². The predicted octanol–water partition coefficient (Wildman–Crippen LogP) is 7.62. The summed E-state index contributed by atoms with van der Waals surface area (Å²) in [5.41, 5.74) is 5.23. The van der Waals surface area contributed by atoms with Crippen molar-refractivity contribution in [2.24, 2.45) is 0 Å². The maximum absolute atomic E-state index is 10.8. The quantitative estimate of drug-likeness (QED) is 0.192. The Morgan fingerprint density at radius 1 is 1.06 bits per heavy atom. The lowest BCUT2D eigenvalue weighted by Crippen LogP contribution is -2.20. The van der Waals surface area contributed by atoms with E-state index in [-0.39, 0.29) is 10.8 Å². The summed E-state index contributed by atoms with van der Waals surface area (Å²) < 4.78 is 6.36. The first-order valence-electron chi connectivity index (χ1n) is 11.0. The molecule has 0 unspecified atom stereocenters. The van der Waals surface area contributed by atoms with Gasteiger partial charge in [0.05, 0.1) is 6.61 Å². The maximum atomic E-state index is 10.8. The van der Waals surface area contributed by atoms with Crippen LogP contribution in [-0.4, -0.2) is 17.7 Å². The molecule has 0 aliphatic rings. The van der Waals surface area contributed by atoms with Gasteiger partial charge in [-0.05, 0) is 66.4 Å². The van der Waals surface area contributed by atoms with Crippen molar-refractivity contribution in [1.29, 1.82) is 0 Å². The topological polar surface area (TPSA) is 46.5 Å². The zero-order valence-electron chi connectivity index (χ0n) is 20.6.